The van der Waals surface area contributed by atoms with E-state index in [1.807, 2.05) is 30.3 Å². The van der Waals surface area contributed by atoms with Crippen molar-refractivity contribution in [2.24, 2.45) is 0 Å². The molecule has 0 aliphatic rings. The Kier molecular flexibility index (Phi) is 3.98. The molecule has 4 heteroatoms. The molecule has 2 aromatic carbocycles. The highest BCUT2D eigenvalue weighted by Gasteiger charge is 2.03. The second-order valence-corrected chi connectivity index (χ2v) is 4.41. The molecule has 2 aromatic rings. The van der Waals surface area contributed by atoms with Crippen molar-refractivity contribution in [1.29, 1.82) is 0 Å². The average Bonchev–Trinajstić information content (AvgIpc) is 2.32. The summed E-state index contributed by atoms with van der Waals surface area (Å²) < 4.78 is 28.2. The quantitative estimate of drug-likeness (QED) is 0.795. The summed E-state index contributed by atoms with van der Waals surface area (Å²) in [5.41, 5.74) is 0. The van der Waals surface area contributed by atoms with Crippen LogP contribution in [0.1, 0.15) is 0 Å². The Balaban J connectivity index is 2.03. The smallest absolute Gasteiger partial charge is 0.387 e. The fourth-order valence-electron chi connectivity index (χ4n) is 1.31. The zero-order valence-electron chi connectivity index (χ0n) is 8.85. The number of hydrogen-bond acceptors (Lipinski definition) is 2. The van der Waals surface area contributed by atoms with Crippen LogP contribution in [0.5, 0.6) is 5.75 Å². The summed E-state index contributed by atoms with van der Waals surface area (Å²) in [5, 5.41) is 0. The fraction of sp³-hybridized carbons (Fsp3) is 0.0769. The van der Waals surface area contributed by atoms with Crippen LogP contribution >= 0.6 is 11.8 Å². The third-order valence-corrected chi connectivity index (χ3v) is 3.04. The lowest BCUT2D eigenvalue weighted by Crippen LogP contribution is -2.01. The second kappa shape index (κ2) is 5.68. The molecule has 1 nitrogen and oxygen atoms in total. The van der Waals surface area contributed by atoms with E-state index in [9.17, 15) is 8.78 Å². The monoisotopic (exact) mass is 252 g/mol. The molecule has 0 aliphatic heterocycles. The summed E-state index contributed by atoms with van der Waals surface area (Å²) in [7, 11) is 0. The number of alkyl halides is 2. The molecule has 2 rings (SSSR count). The van der Waals surface area contributed by atoms with Gasteiger partial charge in [0.05, 0.1) is 0 Å². The van der Waals surface area contributed by atoms with E-state index in [0.717, 1.165) is 9.79 Å². The minimum atomic E-state index is -2.78. The molecule has 0 spiro atoms. The molecule has 0 aromatic heterocycles. The summed E-state index contributed by atoms with van der Waals surface area (Å²) in [6.07, 6.45) is 0. The van der Waals surface area contributed by atoms with Crippen LogP contribution in [0.4, 0.5) is 8.78 Å². The standard InChI is InChI=1S/C13H10F2OS/c14-13(15)16-10-6-8-12(9-7-10)17-11-4-2-1-3-5-11/h1-9,13H. The minimum absolute atomic E-state index is 0.178. The van der Waals surface area contributed by atoms with Gasteiger partial charge in [-0.25, -0.2) is 0 Å². The number of rotatable bonds is 4. The van der Waals surface area contributed by atoms with Crippen molar-refractivity contribution in [3.05, 3.63) is 54.6 Å². The van der Waals surface area contributed by atoms with Crippen LogP contribution in [0.2, 0.25) is 0 Å². The first kappa shape index (κ1) is 11.9. The predicted molar refractivity (Wildman–Crippen MR) is 63.6 cm³/mol. The van der Waals surface area contributed by atoms with Gasteiger partial charge in [0, 0.05) is 9.79 Å². The van der Waals surface area contributed by atoms with Gasteiger partial charge in [-0.1, -0.05) is 30.0 Å². The molecule has 0 bridgehead atoms. The highest BCUT2D eigenvalue weighted by atomic mass is 32.2. The van der Waals surface area contributed by atoms with E-state index in [4.69, 9.17) is 0 Å². The van der Waals surface area contributed by atoms with Crippen molar-refractivity contribution in [2.45, 2.75) is 16.4 Å². The molecule has 88 valence electrons. The highest BCUT2D eigenvalue weighted by molar-refractivity contribution is 7.99. The third kappa shape index (κ3) is 3.75. The Morgan fingerprint density at radius 2 is 1.41 bits per heavy atom. The molecule has 0 saturated heterocycles. The molecule has 17 heavy (non-hydrogen) atoms. The molecule has 0 saturated carbocycles. The summed E-state index contributed by atoms with van der Waals surface area (Å²) in [6.45, 7) is -2.78. The van der Waals surface area contributed by atoms with Crippen LogP contribution in [0.25, 0.3) is 0 Å². The van der Waals surface area contributed by atoms with E-state index in [1.54, 1.807) is 23.9 Å². The number of ether oxygens (including phenoxy) is 1. The van der Waals surface area contributed by atoms with Gasteiger partial charge < -0.3 is 4.74 Å². The van der Waals surface area contributed by atoms with E-state index in [2.05, 4.69) is 4.74 Å². The van der Waals surface area contributed by atoms with E-state index in [1.165, 1.54) is 12.1 Å². The molecular weight excluding hydrogens is 242 g/mol. The third-order valence-electron chi connectivity index (χ3n) is 2.03. The summed E-state index contributed by atoms with van der Waals surface area (Å²) in [4.78, 5) is 2.09. The minimum Gasteiger partial charge on any atom is -0.435 e. The van der Waals surface area contributed by atoms with Crippen LogP contribution < -0.4 is 4.74 Å². The van der Waals surface area contributed by atoms with Gasteiger partial charge in [-0.05, 0) is 36.4 Å². The lowest BCUT2D eigenvalue weighted by Gasteiger charge is -2.05. The molecule has 0 aliphatic carbocycles. The van der Waals surface area contributed by atoms with Crippen LogP contribution in [-0.4, -0.2) is 6.61 Å². The van der Waals surface area contributed by atoms with Gasteiger partial charge in [0.25, 0.3) is 0 Å². The maximum atomic E-state index is 11.9. The maximum Gasteiger partial charge on any atom is 0.387 e. The topological polar surface area (TPSA) is 9.23 Å². The Morgan fingerprint density at radius 3 is 2.00 bits per heavy atom. The summed E-state index contributed by atoms with van der Waals surface area (Å²) in [5.74, 6) is 0.178. The van der Waals surface area contributed by atoms with Crippen molar-refractivity contribution < 1.29 is 13.5 Å². The van der Waals surface area contributed by atoms with Crippen molar-refractivity contribution in [3.63, 3.8) is 0 Å². The first-order valence-corrected chi connectivity index (χ1v) is 5.83. The first-order valence-electron chi connectivity index (χ1n) is 5.02. The van der Waals surface area contributed by atoms with E-state index in [0.29, 0.717) is 0 Å². The number of hydrogen-bond donors (Lipinski definition) is 0. The van der Waals surface area contributed by atoms with Crippen LogP contribution in [0.3, 0.4) is 0 Å². The van der Waals surface area contributed by atoms with E-state index < -0.39 is 6.61 Å². The zero-order chi connectivity index (χ0) is 12.1. The lowest BCUT2D eigenvalue weighted by atomic mass is 10.3. The molecule has 0 amide bonds. The van der Waals surface area contributed by atoms with Crippen molar-refractivity contribution >= 4 is 11.8 Å². The van der Waals surface area contributed by atoms with Crippen LogP contribution in [0.15, 0.2) is 64.4 Å². The largest absolute Gasteiger partial charge is 0.435 e. The Morgan fingerprint density at radius 1 is 0.824 bits per heavy atom. The maximum absolute atomic E-state index is 11.9. The molecular formula is C13H10F2OS. The van der Waals surface area contributed by atoms with E-state index >= 15 is 0 Å². The van der Waals surface area contributed by atoms with E-state index in [-0.39, 0.29) is 5.75 Å². The summed E-state index contributed by atoms with van der Waals surface area (Å²) in [6, 6.07) is 16.4. The van der Waals surface area contributed by atoms with Gasteiger partial charge in [-0.3, -0.25) is 0 Å². The average molecular weight is 252 g/mol. The highest BCUT2D eigenvalue weighted by Crippen LogP contribution is 2.28. The van der Waals surface area contributed by atoms with Crippen molar-refractivity contribution in [3.8, 4) is 5.75 Å². The molecule has 0 unspecified atom stereocenters. The molecule has 0 radical (unpaired) electrons. The van der Waals surface area contributed by atoms with Crippen LogP contribution in [-0.2, 0) is 0 Å². The first-order chi connectivity index (χ1) is 8.24. The Bertz CT molecular complexity index is 457. The van der Waals surface area contributed by atoms with Gasteiger partial charge in [0.1, 0.15) is 5.75 Å². The van der Waals surface area contributed by atoms with Crippen LogP contribution in [0, 0.1) is 0 Å². The fourth-order valence-corrected chi connectivity index (χ4v) is 2.15. The number of benzene rings is 2. The van der Waals surface area contributed by atoms with Gasteiger partial charge >= 0.3 is 6.61 Å². The van der Waals surface area contributed by atoms with Crippen molar-refractivity contribution in [2.75, 3.05) is 0 Å². The van der Waals surface area contributed by atoms with Gasteiger partial charge in [0.2, 0.25) is 0 Å². The van der Waals surface area contributed by atoms with Gasteiger partial charge in [-0.15, -0.1) is 0 Å². The zero-order valence-corrected chi connectivity index (χ0v) is 9.66. The summed E-state index contributed by atoms with van der Waals surface area (Å²) >= 11 is 1.57. The van der Waals surface area contributed by atoms with Gasteiger partial charge in [0.15, 0.2) is 0 Å². The Hall–Kier alpha value is -1.55. The second-order valence-electron chi connectivity index (χ2n) is 3.27. The molecule has 0 fully saturated rings. The normalized spacial score (nSPS) is 10.5. The number of halogens is 2. The van der Waals surface area contributed by atoms with Gasteiger partial charge in [-0.2, -0.15) is 8.78 Å². The van der Waals surface area contributed by atoms with Crippen molar-refractivity contribution in [1.82, 2.24) is 0 Å². The molecule has 0 N–H and O–H groups in total. The Labute approximate surface area is 102 Å². The lowest BCUT2D eigenvalue weighted by molar-refractivity contribution is -0.0498. The predicted octanol–water partition coefficient (Wildman–Crippen LogP) is 4.44. The molecule has 0 atom stereocenters. The molecule has 0 heterocycles. The SMILES string of the molecule is FC(F)Oc1ccc(Sc2ccccc2)cc1.